The maximum atomic E-state index is 10.5. The highest BCUT2D eigenvalue weighted by Gasteiger charge is 2.24. The number of nitrogens with zero attached hydrogens (tertiary/aromatic N) is 1. The lowest BCUT2D eigenvalue weighted by molar-refractivity contribution is -0.143. The van der Waals surface area contributed by atoms with Crippen LogP contribution in [0.5, 0.6) is 5.75 Å². The Hall–Kier alpha value is -2.63. The average Bonchev–Trinajstić information content (AvgIpc) is 2.97. The molecule has 5 heteroatoms. The molecule has 3 N–H and O–H groups in total. The van der Waals surface area contributed by atoms with Crippen LogP contribution in [-0.2, 0) is 11.4 Å². The average molecular weight is 452 g/mol. The second kappa shape index (κ2) is 13.2. The summed E-state index contributed by atoms with van der Waals surface area (Å²) >= 11 is 0. The SMILES string of the molecule is CN(C)CC/C=C1\c2ccccc2COc2ccccc21.NCC1CCC(C(=O)O)CC1.[CH3-]. The highest BCUT2D eigenvalue weighted by atomic mass is 16.5. The Balaban J connectivity index is 0.000000274. The van der Waals surface area contributed by atoms with Crippen LogP contribution in [0.25, 0.3) is 5.57 Å². The van der Waals surface area contributed by atoms with Gasteiger partial charge in [-0.15, -0.1) is 0 Å². The van der Waals surface area contributed by atoms with E-state index in [1.165, 1.54) is 22.3 Å². The second-order valence-electron chi connectivity index (χ2n) is 8.94. The highest BCUT2D eigenvalue weighted by molar-refractivity contribution is 5.84. The fraction of sp³-hybridized carbons (Fsp3) is 0.429. The summed E-state index contributed by atoms with van der Waals surface area (Å²) in [5.41, 5.74) is 10.5. The topological polar surface area (TPSA) is 75.8 Å². The normalized spacial score (nSPS) is 20.3. The van der Waals surface area contributed by atoms with E-state index >= 15 is 0 Å². The van der Waals surface area contributed by atoms with E-state index in [2.05, 4.69) is 67.5 Å². The van der Waals surface area contributed by atoms with Crippen molar-refractivity contribution in [1.29, 1.82) is 0 Å². The number of nitrogens with two attached hydrogens (primary N) is 1. The molecule has 5 nitrogen and oxygen atoms in total. The molecule has 33 heavy (non-hydrogen) atoms. The number of carboxylic acid groups (broad SMARTS) is 1. The predicted molar refractivity (Wildman–Crippen MR) is 136 cm³/mol. The van der Waals surface area contributed by atoms with E-state index in [4.69, 9.17) is 15.6 Å². The molecule has 0 aromatic heterocycles. The van der Waals surface area contributed by atoms with Crippen LogP contribution in [0.4, 0.5) is 0 Å². The Bertz CT molecular complexity index is 865. The van der Waals surface area contributed by atoms with Crippen molar-refractivity contribution in [3.05, 3.63) is 78.7 Å². The second-order valence-corrected chi connectivity index (χ2v) is 8.94. The molecule has 2 aliphatic rings. The monoisotopic (exact) mass is 451 g/mol. The summed E-state index contributed by atoms with van der Waals surface area (Å²) in [4.78, 5) is 12.7. The van der Waals surface area contributed by atoms with Gasteiger partial charge in [0.25, 0.3) is 0 Å². The van der Waals surface area contributed by atoms with Crippen LogP contribution in [-0.4, -0.2) is 43.2 Å². The van der Waals surface area contributed by atoms with Gasteiger partial charge in [0.15, 0.2) is 0 Å². The molecule has 1 aliphatic carbocycles. The number of aliphatic carboxylic acids is 1. The zero-order chi connectivity index (χ0) is 22.9. The van der Waals surface area contributed by atoms with Crippen molar-refractivity contribution in [2.75, 3.05) is 27.2 Å². The lowest BCUT2D eigenvalue weighted by Crippen LogP contribution is -2.25. The van der Waals surface area contributed by atoms with Gasteiger partial charge in [-0.3, -0.25) is 4.79 Å². The first-order valence-corrected chi connectivity index (χ1v) is 11.6. The number of benzene rings is 2. The van der Waals surface area contributed by atoms with E-state index in [0.29, 0.717) is 19.1 Å². The smallest absolute Gasteiger partial charge is 0.306 e. The Labute approximate surface area is 199 Å². The van der Waals surface area contributed by atoms with E-state index in [1.54, 1.807) is 0 Å². The third-order valence-electron chi connectivity index (χ3n) is 6.32. The number of para-hydroxylation sites is 1. The molecule has 0 unspecified atom stereocenters. The van der Waals surface area contributed by atoms with Crippen molar-refractivity contribution in [1.82, 2.24) is 4.90 Å². The number of fused-ring (bicyclic) bond motifs is 2. The Morgan fingerprint density at radius 1 is 1.06 bits per heavy atom. The molecule has 1 heterocycles. The van der Waals surface area contributed by atoms with Crippen LogP contribution in [0.15, 0.2) is 54.6 Å². The summed E-state index contributed by atoms with van der Waals surface area (Å²) in [6.45, 7) is 2.40. The van der Waals surface area contributed by atoms with E-state index < -0.39 is 5.97 Å². The van der Waals surface area contributed by atoms with Crippen LogP contribution in [0, 0.1) is 19.3 Å². The van der Waals surface area contributed by atoms with Crippen molar-refractivity contribution in [2.24, 2.45) is 17.6 Å². The summed E-state index contributed by atoms with van der Waals surface area (Å²) in [6, 6.07) is 16.9. The number of carbonyl (C=O) groups is 1. The molecule has 0 atom stereocenters. The highest BCUT2D eigenvalue weighted by Crippen LogP contribution is 2.36. The van der Waals surface area contributed by atoms with Gasteiger partial charge in [0.05, 0.1) is 5.92 Å². The van der Waals surface area contributed by atoms with Gasteiger partial charge in [0.2, 0.25) is 0 Å². The molecule has 180 valence electrons. The van der Waals surface area contributed by atoms with E-state index in [0.717, 1.165) is 44.4 Å². The van der Waals surface area contributed by atoms with Gasteiger partial charge >= 0.3 is 5.97 Å². The molecule has 0 bridgehead atoms. The fourth-order valence-electron chi connectivity index (χ4n) is 4.36. The fourth-order valence-corrected chi connectivity index (χ4v) is 4.36. The van der Waals surface area contributed by atoms with Crippen molar-refractivity contribution < 1.29 is 14.6 Å². The van der Waals surface area contributed by atoms with Crippen LogP contribution in [0.1, 0.15) is 48.8 Å². The van der Waals surface area contributed by atoms with Crippen LogP contribution >= 0.6 is 0 Å². The lowest BCUT2D eigenvalue weighted by atomic mass is 9.82. The number of carboxylic acids is 1. The first kappa shape index (κ1) is 26.6. The van der Waals surface area contributed by atoms with Gasteiger partial charge in [0, 0.05) is 12.1 Å². The van der Waals surface area contributed by atoms with Gasteiger partial charge in [-0.1, -0.05) is 48.5 Å². The lowest BCUT2D eigenvalue weighted by Gasteiger charge is -2.24. The largest absolute Gasteiger partial charge is 0.488 e. The molecule has 2 aromatic rings. The van der Waals surface area contributed by atoms with E-state index in [1.807, 2.05) is 6.07 Å². The van der Waals surface area contributed by atoms with Crippen molar-refractivity contribution >= 4 is 11.5 Å². The summed E-state index contributed by atoms with van der Waals surface area (Å²) in [6.07, 6.45) is 6.99. The van der Waals surface area contributed by atoms with Gasteiger partial charge in [-0.25, -0.2) is 0 Å². The maximum absolute atomic E-state index is 10.5. The third-order valence-corrected chi connectivity index (χ3v) is 6.32. The summed E-state index contributed by atoms with van der Waals surface area (Å²) < 4.78 is 5.98. The number of ether oxygens (including phenoxy) is 1. The van der Waals surface area contributed by atoms with Crippen LogP contribution in [0.2, 0.25) is 0 Å². The third kappa shape index (κ3) is 7.44. The summed E-state index contributed by atoms with van der Waals surface area (Å²) in [7, 11) is 4.22. The molecule has 1 fully saturated rings. The quantitative estimate of drug-likeness (QED) is 0.607. The summed E-state index contributed by atoms with van der Waals surface area (Å²) in [5, 5.41) is 8.67. The van der Waals surface area contributed by atoms with E-state index in [9.17, 15) is 4.79 Å². The number of hydrogen-bond acceptors (Lipinski definition) is 4. The van der Waals surface area contributed by atoms with Gasteiger partial charge in [-0.05, 0) is 81.4 Å². The predicted octanol–water partition coefficient (Wildman–Crippen LogP) is 5.25. The molecule has 0 spiro atoms. The zero-order valence-corrected chi connectivity index (χ0v) is 20.3. The Morgan fingerprint density at radius 3 is 2.33 bits per heavy atom. The Kier molecular flexibility index (Phi) is 10.6. The van der Waals surface area contributed by atoms with Gasteiger partial charge in [0.1, 0.15) is 12.4 Å². The minimum atomic E-state index is -0.638. The van der Waals surface area contributed by atoms with E-state index in [-0.39, 0.29) is 13.3 Å². The molecule has 1 aliphatic heterocycles. The minimum Gasteiger partial charge on any atom is -0.488 e. The zero-order valence-electron chi connectivity index (χ0n) is 20.3. The Morgan fingerprint density at radius 2 is 1.70 bits per heavy atom. The number of hydrogen-bond donors (Lipinski definition) is 2. The maximum Gasteiger partial charge on any atom is 0.306 e. The number of rotatable bonds is 5. The standard InChI is InChI=1S/C19H21NO.C8H15NO2.CH3/c1-20(2)13-7-11-17-16-9-4-3-8-15(16)14-21-19-12-6-5-10-18(17)19;9-5-6-1-3-7(4-2-6)8(10)11;/h3-6,8-12H,7,13-14H2,1-2H3;6-7H,1-5,9H2,(H,10,11);1H3/q;;-1/b17-11+;;. The van der Waals surface area contributed by atoms with Crippen molar-refractivity contribution in [3.63, 3.8) is 0 Å². The van der Waals surface area contributed by atoms with Gasteiger partial charge < -0.3 is 27.9 Å². The molecular weight excluding hydrogens is 412 g/mol. The molecule has 2 aromatic carbocycles. The van der Waals surface area contributed by atoms with Crippen molar-refractivity contribution in [3.8, 4) is 5.75 Å². The van der Waals surface area contributed by atoms with Gasteiger partial charge in [-0.2, -0.15) is 0 Å². The molecule has 0 amide bonds. The summed E-state index contributed by atoms with van der Waals surface area (Å²) in [5.74, 6) is 0.814. The van der Waals surface area contributed by atoms with Crippen molar-refractivity contribution in [2.45, 2.75) is 38.7 Å². The van der Waals surface area contributed by atoms with Crippen LogP contribution in [0.3, 0.4) is 0 Å². The molecule has 0 saturated heterocycles. The van der Waals surface area contributed by atoms with Crippen LogP contribution < -0.4 is 10.5 Å². The first-order valence-electron chi connectivity index (χ1n) is 11.6. The molecule has 0 radical (unpaired) electrons. The minimum absolute atomic E-state index is 0. The first-order chi connectivity index (χ1) is 15.5. The molecule has 4 rings (SSSR count). The molecular formula is C28H39N2O3-. The molecule has 1 saturated carbocycles.